The van der Waals surface area contributed by atoms with Crippen LogP contribution in [-0.2, 0) is 0 Å². The van der Waals surface area contributed by atoms with Crippen molar-refractivity contribution >= 4 is 15.9 Å². The van der Waals surface area contributed by atoms with Gasteiger partial charge in [-0.25, -0.2) is 0 Å². The normalized spacial score (nSPS) is 15.8. The van der Waals surface area contributed by atoms with Crippen molar-refractivity contribution in [3.05, 3.63) is 22.2 Å². The Balaban J connectivity index is 2.05. The fourth-order valence-electron chi connectivity index (χ4n) is 2.43. The molecule has 1 aliphatic heterocycles. The first kappa shape index (κ1) is 15.6. The average molecular weight is 342 g/mol. The van der Waals surface area contributed by atoms with Gasteiger partial charge in [0.1, 0.15) is 0 Å². The van der Waals surface area contributed by atoms with E-state index in [2.05, 4.69) is 22.9 Å². The molecule has 0 saturated carbocycles. The summed E-state index contributed by atoms with van der Waals surface area (Å²) in [6, 6.07) is 4.08. The number of benzene rings is 1. The van der Waals surface area contributed by atoms with Crippen molar-refractivity contribution in [2.75, 3.05) is 13.2 Å². The zero-order valence-electron chi connectivity index (χ0n) is 12.2. The molecule has 1 aromatic rings. The van der Waals surface area contributed by atoms with Gasteiger partial charge in [-0.2, -0.15) is 0 Å². The minimum absolute atomic E-state index is 0.0541. The Morgan fingerprint density at radius 2 is 1.85 bits per heavy atom. The Morgan fingerprint density at radius 3 is 2.55 bits per heavy atom. The standard InChI is InChI=1S/C16H24BrNO2/c1-2-3-4-5-7-14(18)12-10-15-16(11-13(12)17)20-9-6-8-19-15/h10-11,14H,2-9,18H2,1H3. The molecule has 2 N–H and O–H groups in total. The second-order valence-electron chi connectivity index (χ2n) is 5.33. The largest absolute Gasteiger partial charge is 0.490 e. The van der Waals surface area contributed by atoms with E-state index >= 15 is 0 Å². The molecule has 1 unspecified atom stereocenters. The molecule has 1 heterocycles. The maximum atomic E-state index is 6.32. The van der Waals surface area contributed by atoms with E-state index in [0.29, 0.717) is 13.2 Å². The number of halogens is 1. The van der Waals surface area contributed by atoms with Crippen LogP contribution in [0, 0.1) is 0 Å². The zero-order valence-corrected chi connectivity index (χ0v) is 13.7. The molecule has 0 bridgehead atoms. The molecule has 0 saturated heterocycles. The van der Waals surface area contributed by atoms with E-state index in [1.807, 2.05) is 12.1 Å². The molecular weight excluding hydrogens is 318 g/mol. The van der Waals surface area contributed by atoms with Crippen molar-refractivity contribution in [3.8, 4) is 11.5 Å². The highest BCUT2D eigenvalue weighted by molar-refractivity contribution is 9.10. The molecule has 0 aliphatic carbocycles. The van der Waals surface area contributed by atoms with Crippen LogP contribution in [0.3, 0.4) is 0 Å². The molecule has 0 radical (unpaired) electrons. The minimum Gasteiger partial charge on any atom is -0.490 e. The van der Waals surface area contributed by atoms with Gasteiger partial charge in [-0.15, -0.1) is 0 Å². The monoisotopic (exact) mass is 341 g/mol. The first-order chi connectivity index (χ1) is 9.72. The predicted molar refractivity (Wildman–Crippen MR) is 85.4 cm³/mol. The van der Waals surface area contributed by atoms with Crippen molar-refractivity contribution in [2.24, 2.45) is 5.73 Å². The number of hydrogen-bond donors (Lipinski definition) is 1. The van der Waals surface area contributed by atoms with Crippen LogP contribution < -0.4 is 15.2 Å². The third-order valence-electron chi connectivity index (χ3n) is 3.63. The van der Waals surface area contributed by atoms with Crippen LogP contribution in [0.5, 0.6) is 11.5 Å². The van der Waals surface area contributed by atoms with Crippen molar-refractivity contribution in [3.63, 3.8) is 0 Å². The first-order valence-electron chi connectivity index (χ1n) is 7.57. The van der Waals surface area contributed by atoms with Crippen LogP contribution in [-0.4, -0.2) is 13.2 Å². The number of nitrogens with two attached hydrogens (primary N) is 1. The Morgan fingerprint density at radius 1 is 1.15 bits per heavy atom. The maximum Gasteiger partial charge on any atom is 0.162 e. The van der Waals surface area contributed by atoms with Gasteiger partial charge >= 0.3 is 0 Å². The molecule has 1 aromatic carbocycles. The summed E-state index contributed by atoms with van der Waals surface area (Å²) < 4.78 is 12.4. The highest BCUT2D eigenvalue weighted by atomic mass is 79.9. The van der Waals surface area contributed by atoms with E-state index in [-0.39, 0.29) is 6.04 Å². The van der Waals surface area contributed by atoms with E-state index in [0.717, 1.165) is 34.4 Å². The number of hydrogen-bond acceptors (Lipinski definition) is 3. The van der Waals surface area contributed by atoms with Crippen LogP contribution >= 0.6 is 15.9 Å². The van der Waals surface area contributed by atoms with Gasteiger partial charge in [0.05, 0.1) is 13.2 Å². The van der Waals surface area contributed by atoms with Gasteiger partial charge in [0.25, 0.3) is 0 Å². The minimum atomic E-state index is 0.0541. The van der Waals surface area contributed by atoms with Gasteiger partial charge in [-0.1, -0.05) is 48.5 Å². The maximum absolute atomic E-state index is 6.32. The van der Waals surface area contributed by atoms with Crippen molar-refractivity contribution in [1.82, 2.24) is 0 Å². The van der Waals surface area contributed by atoms with Crippen LogP contribution in [0.4, 0.5) is 0 Å². The fourth-order valence-corrected chi connectivity index (χ4v) is 3.05. The highest BCUT2D eigenvalue weighted by Crippen LogP contribution is 2.38. The number of fused-ring (bicyclic) bond motifs is 1. The topological polar surface area (TPSA) is 44.5 Å². The van der Waals surface area contributed by atoms with Gasteiger partial charge in [0.2, 0.25) is 0 Å². The van der Waals surface area contributed by atoms with E-state index in [1.165, 1.54) is 25.7 Å². The summed E-state index contributed by atoms with van der Waals surface area (Å²) in [7, 11) is 0. The van der Waals surface area contributed by atoms with Crippen molar-refractivity contribution in [1.29, 1.82) is 0 Å². The lowest BCUT2D eigenvalue weighted by Crippen LogP contribution is -2.11. The van der Waals surface area contributed by atoms with E-state index in [4.69, 9.17) is 15.2 Å². The quantitative estimate of drug-likeness (QED) is 0.770. The van der Waals surface area contributed by atoms with E-state index < -0.39 is 0 Å². The van der Waals surface area contributed by atoms with Crippen LogP contribution in [0.1, 0.15) is 57.1 Å². The van der Waals surface area contributed by atoms with Gasteiger partial charge in [-0.3, -0.25) is 0 Å². The van der Waals surface area contributed by atoms with Gasteiger partial charge in [-0.05, 0) is 24.1 Å². The lowest BCUT2D eigenvalue weighted by atomic mass is 10.0. The lowest BCUT2D eigenvalue weighted by molar-refractivity contribution is 0.297. The van der Waals surface area contributed by atoms with Crippen LogP contribution in [0.15, 0.2) is 16.6 Å². The summed E-state index contributed by atoms with van der Waals surface area (Å²) in [5.74, 6) is 1.64. The molecule has 0 aromatic heterocycles. The summed E-state index contributed by atoms with van der Waals surface area (Å²) in [4.78, 5) is 0. The van der Waals surface area contributed by atoms with E-state index in [9.17, 15) is 0 Å². The molecule has 2 rings (SSSR count). The molecule has 1 aliphatic rings. The first-order valence-corrected chi connectivity index (χ1v) is 8.36. The molecule has 4 heteroatoms. The van der Waals surface area contributed by atoms with Gasteiger partial charge in [0.15, 0.2) is 11.5 Å². The molecule has 0 fully saturated rings. The SMILES string of the molecule is CCCCCCC(N)c1cc2c(cc1Br)OCCCO2. The third kappa shape index (κ3) is 4.13. The Bertz CT molecular complexity index is 437. The molecule has 112 valence electrons. The number of unbranched alkanes of at least 4 members (excludes halogenated alkanes) is 3. The van der Waals surface area contributed by atoms with E-state index in [1.54, 1.807) is 0 Å². The second kappa shape index (κ2) is 7.89. The molecule has 20 heavy (non-hydrogen) atoms. The molecule has 1 atom stereocenters. The number of rotatable bonds is 6. The van der Waals surface area contributed by atoms with Crippen molar-refractivity contribution in [2.45, 2.75) is 51.5 Å². The second-order valence-corrected chi connectivity index (χ2v) is 6.18. The summed E-state index contributed by atoms with van der Waals surface area (Å²) in [6.07, 6.45) is 6.91. The summed E-state index contributed by atoms with van der Waals surface area (Å²) >= 11 is 3.61. The Kier molecular flexibility index (Phi) is 6.17. The summed E-state index contributed by atoms with van der Waals surface area (Å²) in [6.45, 7) is 3.64. The smallest absolute Gasteiger partial charge is 0.162 e. The fraction of sp³-hybridized carbons (Fsp3) is 0.625. The molecular formula is C16H24BrNO2. The zero-order chi connectivity index (χ0) is 14.4. The molecule has 0 spiro atoms. The Labute approximate surface area is 130 Å². The lowest BCUT2D eigenvalue weighted by Gasteiger charge is -2.17. The highest BCUT2D eigenvalue weighted by Gasteiger charge is 2.17. The number of ether oxygens (including phenoxy) is 2. The summed E-state index contributed by atoms with van der Waals surface area (Å²) in [5.41, 5.74) is 7.44. The summed E-state index contributed by atoms with van der Waals surface area (Å²) in [5, 5.41) is 0. The van der Waals surface area contributed by atoms with Crippen LogP contribution in [0.25, 0.3) is 0 Å². The Hall–Kier alpha value is -0.740. The van der Waals surface area contributed by atoms with Crippen LogP contribution in [0.2, 0.25) is 0 Å². The average Bonchev–Trinajstić information content (AvgIpc) is 2.67. The van der Waals surface area contributed by atoms with Crippen molar-refractivity contribution < 1.29 is 9.47 Å². The predicted octanol–water partition coefficient (Wildman–Crippen LogP) is 4.58. The van der Waals surface area contributed by atoms with Gasteiger partial charge in [0, 0.05) is 16.9 Å². The molecule has 3 nitrogen and oxygen atoms in total. The molecule has 0 amide bonds. The third-order valence-corrected chi connectivity index (χ3v) is 4.32. The van der Waals surface area contributed by atoms with Gasteiger partial charge < -0.3 is 15.2 Å².